The van der Waals surface area contributed by atoms with Crippen molar-refractivity contribution in [1.29, 1.82) is 0 Å². The first-order chi connectivity index (χ1) is 10.2. The molecule has 0 aromatic heterocycles. The molecule has 2 rings (SSSR count). The minimum absolute atomic E-state index is 0.204. The maximum Gasteiger partial charge on any atom is 0.255 e. The molecule has 0 aliphatic carbocycles. The minimum Gasteiger partial charge on any atom is -0.394 e. The molecule has 6 heteroatoms. The molecule has 112 valence electrons. The summed E-state index contributed by atoms with van der Waals surface area (Å²) in [5, 5.41) is 18.1. The van der Waals surface area contributed by atoms with Crippen molar-refractivity contribution in [1.82, 2.24) is 4.90 Å². The van der Waals surface area contributed by atoms with Crippen LogP contribution >= 0.6 is 0 Å². The van der Waals surface area contributed by atoms with Crippen LogP contribution in [0.2, 0.25) is 0 Å². The molecule has 1 atom stereocenters. The summed E-state index contributed by atoms with van der Waals surface area (Å²) in [6.07, 6.45) is 0. The predicted molar refractivity (Wildman–Crippen MR) is 73.1 cm³/mol. The summed E-state index contributed by atoms with van der Waals surface area (Å²) in [6.45, 7) is 0.433. The monoisotopic (exact) mass is 293 g/mol. The summed E-state index contributed by atoms with van der Waals surface area (Å²) in [6, 6.07) is 3.29. The summed E-state index contributed by atoms with van der Waals surface area (Å²) in [5.74, 6) is 4.15. The van der Waals surface area contributed by atoms with Gasteiger partial charge in [-0.3, -0.25) is 4.79 Å². The van der Waals surface area contributed by atoms with Gasteiger partial charge in [0.15, 0.2) is 0 Å². The fourth-order valence-electron chi connectivity index (χ4n) is 2.17. The van der Waals surface area contributed by atoms with E-state index in [0.717, 1.165) is 6.07 Å². The third-order valence-electron chi connectivity index (χ3n) is 3.21. The molecule has 1 aromatic rings. The molecule has 1 aliphatic rings. The van der Waals surface area contributed by atoms with E-state index in [1.807, 2.05) is 0 Å². The second-order valence-corrected chi connectivity index (χ2v) is 4.56. The molecule has 1 unspecified atom stereocenters. The molecule has 1 fully saturated rings. The number of aliphatic hydroxyl groups excluding tert-OH is 2. The van der Waals surface area contributed by atoms with Crippen molar-refractivity contribution in [2.24, 2.45) is 0 Å². The number of morpholine rings is 1. The lowest BCUT2D eigenvalue weighted by molar-refractivity contribution is -0.0184. The molecule has 0 bridgehead atoms. The van der Waals surface area contributed by atoms with E-state index in [1.165, 1.54) is 17.0 Å². The standard InChI is InChI=1S/C15H16FNO4/c16-12-3-4-14(11(8-12)2-1-6-18)15(20)17-5-7-21-10-13(17)9-19/h3-4,8,13,18-19H,5-7,9-10H2. The van der Waals surface area contributed by atoms with Crippen molar-refractivity contribution in [2.75, 3.05) is 33.0 Å². The maximum absolute atomic E-state index is 13.3. The van der Waals surface area contributed by atoms with E-state index < -0.39 is 11.9 Å². The normalized spacial score (nSPS) is 18.0. The average molecular weight is 293 g/mol. The molecule has 0 spiro atoms. The molecule has 1 amide bonds. The Morgan fingerprint density at radius 1 is 1.48 bits per heavy atom. The molecular weight excluding hydrogens is 277 g/mol. The predicted octanol–water partition coefficient (Wildman–Crippen LogP) is 0.00280. The Labute approximate surface area is 121 Å². The molecule has 1 aromatic carbocycles. The Bertz CT molecular complexity index is 579. The second-order valence-electron chi connectivity index (χ2n) is 4.56. The van der Waals surface area contributed by atoms with Crippen molar-refractivity contribution < 1.29 is 24.1 Å². The van der Waals surface area contributed by atoms with Crippen molar-refractivity contribution in [2.45, 2.75) is 6.04 Å². The van der Waals surface area contributed by atoms with E-state index in [4.69, 9.17) is 9.84 Å². The summed E-state index contributed by atoms with van der Waals surface area (Å²) in [7, 11) is 0. The van der Waals surface area contributed by atoms with E-state index in [2.05, 4.69) is 11.8 Å². The quantitative estimate of drug-likeness (QED) is 0.753. The SMILES string of the molecule is O=C(c1ccc(F)cc1C#CCO)N1CCOCC1CO. The number of carbonyl (C=O) groups is 1. The number of benzene rings is 1. The number of nitrogens with zero attached hydrogens (tertiary/aromatic N) is 1. The molecule has 0 radical (unpaired) electrons. The van der Waals surface area contributed by atoms with E-state index >= 15 is 0 Å². The highest BCUT2D eigenvalue weighted by molar-refractivity contribution is 5.97. The van der Waals surface area contributed by atoms with Gasteiger partial charge in [0.1, 0.15) is 12.4 Å². The van der Waals surface area contributed by atoms with Crippen molar-refractivity contribution in [3.63, 3.8) is 0 Å². The topological polar surface area (TPSA) is 70.0 Å². The van der Waals surface area contributed by atoms with Gasteiger partial charge in [0.05, 0.1) is 31.4 Å². The number of aliphatic hydroxyl groups is 2. The van der Waals surface area contributed by atoms with Crippen molar-refractivity contribution in [3.8, 4) is 11.8 Å². The van der Waals surface area contributed by atoms with Gasteiger partial charge < -0.3 is 19.8 Å². The number of rotatable bonds is 2. The highest BCUT2D eigenvalue weighted by atomic mass is 19.1. The first-order valence-corrected chi connectivity index (χ1v) is 6.56. The second kappa shape index (κ2) is 7.18. The van der Waals surface area contributed by atoms with Crippen LogP contribution in [0.3, 0.4) is 0 Å². The fraction of sp³-hybridized carbons (Fsp3) is 0.400. The largest absolute Gasteiger partial charge is 0.394 e. The highest BCUT2D eigenvalue weighted by Crippen LogP contribution is 2.17. The van der Waals surface area contributed by atoms with Gasteiger partial charge in [-0.15, -0.1) is 0 Å². The third-order valence-corrected chi connectivity index (χ3v) is 3.21. The van der Waals surface area contributed by atoms with Gasteiger partial charge in [-0.1, -0.05) is 11.8 Å². The van der Waals surface area contributed by atoms with Crippen LogP contribution in [0.1, 0.15) is 15.9 Å². The van der Waals surface area contributed by atoms with Crippen LogP contribution in [-0.4, -0.2) is 60.0 Å². The van der Waals surface area contributed by atoms with Crippen LogP contribution < -0.4 is 0 Å². The lowest BCUT2D eigenvalue weighted by Crippen LogP contribution is -2.50. The van der Waals surface area contributed by atoms with Gasteiger partial charge in [0.2, 0.25) is 0 Å². The summed E-state index contributed by atoms with van der Waals surface area (Å²) < 4.78 is 18.5. The lowest BCUT2D eigenvalue weighted by atomic mass is 10.0. The molecule has 1 heterocycles. The lowest BCUT2D eigenvalue weighted by Gasteiger charge is -2.34. The third kappa shape index (κ3) is 3.58. The zero-order valence-corrected chi connectivity index (χ0v) is 11.4. The molecule has 5 nitrogen and oxygen atoms in total. The van der Waals surface area contributed by atoms with E-state index in [0.29, 0.717) is 13.2 Å². The van der Waals surface area contributed by atoms with E-state index in [1.54, 1.807) is 0 Å². The Kier molecular flexibility index (Phi) is 5.28. The Hall–Kier alpha value is -1.94. The molecule has 0 saturated carbocycles. The van der Waals surface area contributed by atoms with Gasteiger partial charge in [-0.2, -0.15) is 0 Å². The summed E-state index contributed by atoms with van der Waals surface area (Å²) >= 11 is 0. The zero-order chi connectivity index (χ0) is 15.2. The van der Waals surface area contributed by atoms with Crippen LogP contribution in [0.5, 0.6) is 0 Å². The summed E-state index contributed by atoms with van der Waals surface area (Å²) in [5.41, 5.74) is 0.468. The van der Waals surface area contributed by atoms with Crippen LogP contribution in [-0.2, 0) is 4.74 Å². The molecule has 1 aliphatic heterocycles. The fourth-order valence-corrected chi connectivity index (χ4v) is 2.17. The molecule has 2 N–H and O–H groups in total. The number of halogens is 1. The number of ether oxygens (including phenoxy) is 1. The molecule has 1 saturated heterocycles. The number of hydrogen-bond acceptors (Lipinski definition) is 4. The van der Waals surface area contributed by atoms with Crippen LogP contribution in [0.15, 0.2) is 18.2 Å². The van der Waals surface area contributed by atoms with Gasteiger partial charge in [-0.05, 0) is 18.2 Å². The number of amides is 1. The summed E-state index contributed by atoms with van der Waals surface area (Å²) in [4.78, 5) is 14.1. The minimum atomic E-state index is -0.505. The molecule has 21 heavy (non-hydrogen) atoms. The van der Waals surface area contributed by atoms with Crippen molar-refractivity contribution in [3.05, 3.63) is 35.1 Å². The van der Waals surface area contributed by atoms with Crippen LogP contribution in [0.25, 0.3) is 0 Å². The average Bonchev–Trinajstić information content (AvgIpc) is 2.52. The van der Waals surface area contributed by atoms with Crippen molar-refractivity contribution >= 4 is 5.91 Å². The Balaban J connectivity index is 2.33. The van der Waals surface area contributed by atoms with Crippen LogP contribution in [0, 0.1) is 17.7 Å². The zero-order valence-electron chi connectivity index (χ0n) is 11.4. The van der Waals surface area contributed by atoms with Gasteiger partial charge >= 0.3 is 0 Å². The Morgan fingerprint density at radius 2 is 2.29 bits per heavy atom. The Morgan fingerprint density at radius 3 is 3.00 bits per heavy atom. The highest BCUT2D eigenvalue weighted by Gasteiger charge is 2.28. The van der Waals surface area contributed by atoms with Gasteiger partial charge in [-0.25, -0.2) is 4.39 Å². The molecular formula is C15H16FNO4. The first kappa shape index (κ1) is 15.4. The van der Waals surface area contributed by atoms with Crippen LogP contribution in [0.4, 0.5) is 4.39 Å². The van der Waals surface area contributed by atoms with Gasteiger partial charge in [0, 0.05) is 12.1 Å². The van der Waals surface area contributed by atoms with Gasteiger partial charge in [0.25, 0.3) is 5.91 Å². The smallest absolute Gasteiger partial charge is 0.255 e. The first-order valence-electron chi connectivity index (χ1n) is 6.56. The maximum atomic E-state index is 13.3. The van der Waals surface area contributed by atoms with E-state index in [9.17, 15) is 14.3 Å². The number of hydrogen-bond donors (Lipinski definition) is 2. The number of carbonyl (C=O) groups excluding carboxylic acids is 1. The van der Waals surface area contributed by atoms with E-state index in [-0.39, 0.29) is 36.9 Å².